The summed E-state index contributed by atoms with van der Waals surface area (Å²) >= 11 is 0. The predicted molar refractivity (Wildman–Crippen MR) is 126 cm³/mol. The molecule has 194 valence electrons. The number of halogens is 3. The molecular weight excluding hydrogens is 475 g/mol. The number of hydrogen-bond acceptors (Lipinski definition) is 6. The summed E-state index contributed by atoms with van der Waals surface area (Å²) in [5.41, 5.74) is 6.15. The van der Waals surface area contributed by atoms with Crippen molar-refractivity contribution in [2.45, 2.75) is 57.6 Å². The molecule has 0 unspecified atom stereocenters. The molecule has 3 aliphatic rings. The Kier molecular flexibility index (Phi) is 6.32. The second-order valence-corrected chi connectivity index (χ2v) is 10.2. The van der Waals surface area contributed by atoms with E-state index in [4.69, 9.17) is 9.57 Å². The maximum absolute atomic E-state index is 12.4. The Bertz CT molecular complexity index is 1150. The van der Waals surface area contributed by atoms with E-state index < -0.39 is 6.36 Å². The number of ether oxygens (including phenoxy) is 2. The fraction of sp³-hybridized carbons (Fsp3) is 0.481. The van der Waals surface area contributed by atoms with Crippen molar-refractivity contribution in [3.8, 4) is 17.2 Å². The third kappa shape index (κ3) is 4.50. The van der Waals surface area contributed by atoms with Crippen LogP contribution in [0.1, 0.15) is 55.2 Å². The van der Waals surface area contributed by atoms with E-state index in [9.17, 15) is 23.4 Å². The van der Waals surface area contributed by atoms with Gasteiger partial charge in [-0.05, 0) is 84.2 Å². The SMILES string of the molecule is COc1cc2c(cc1O)C(NOCc1ccc(OC(F)(F)F)cc1)=C[C@@H]1[C@@H]2CC[C@]2(C)[C@H](O)CC[C@@H]12. The molecule has 5 rings (SSSR count). The first kappa shape index (κ1) is 24.8. The van der Waals surface area contributed by atoms with Crippen LogP contribution < -0.4 is 15.0 Å². The number of hydroxylamine groups is 1. The maximum atomic E-state index is 12.4. The monoisotopic (exact) mass is 505 g/mol. The van der Waals surface area contributed by atoms with Crippen LogP contribution in [-0.4, -0.2) is 29.8 Å². The van der Waals surface area contributed by atoms with Gasteiger partial charge in [0.15, 0.2) is 11.5 Å². The summed E-state index contributed by atoms with van der Waals surface area (Å²) in [6.45, 7) is 2.29. The van der Waals surface area contributed by atoms with Gasteiger partial charge in [0.2, 0.25) is 0 Å². The summed E-state index contributed by atoms with van der Waals surface area (Å²) in [5, 5.41) is 21.2. The van der Waals surface area contributed by atoms with E-state index in [-0.39, 0.29) is 41.5 Å². The second kappa shape index (κ2) is 9.19. The number of methoxy groups -OCH3 is 1. The van der Waals surface area contributed by atoms with Crippen molar-refractivity contribution in [1.29, 1.82) is 0 Å². The quantitative estimate of drug-likeness (QED) is 0.441. The van der Waals surface area contributed by atoms with Gasteiger partial charge < -0.3 is 19.7 Å². The smallest absolute Gasteiger partial charge is 0.504 e. The minimum Gasteiger partial charge on any atom is -0.504 e. The Balaban J connectivity index is 1.38. The Morgan fingerprint density at radius 3 is 2.56 bits per heavy atom. The zero-order chi connectivity index (χ0) is 25.7. The van der Waals surface area contributed by atoms with Gasteiger partial charge in [0.05, 0.1) is 25.5 Å². The van der Waals surface area contributed by atoms with Crippen molar-refractivity contribution in [3.05, 3.63) is 59.2 Å². The first-order chi connectivity index (χ1) is 17.1. The highest BCUT2D eigenvalue weighted by Crippen LogP contribution is 2.61. The van der Waals surface area contributed by atoms with E-state index in [0.717, 1.165) is 36.8 Å². The molecule has 0 heterocycles. The molecule has 3 aliphatic carbocycles. The third-order valence-corrected chi connectivity index (χ3v) is 8.26. The van der Waals surface area contributed by atoms with Crippen molar-refractivity contribution in [2.24, 2.45) is 17.3 Å². The van der Waals surface area contributed by atoms with Crippen molar-refractivity contribution in [3.63, 3.8) is 0 Å². The van der Waals surface area contributed by atoms with Gasteiger partial charge in [-0.15, -0.1) is 13.2 Å². The van der Waals surface area contributed by atoms with Gasteiger partial charge in [0.25, 0.3) is 0 Å². The van der Waals surface area contributed by atoms with Gasteiger partial charge >= 0.3 is 6.36 Å². The summed E-state index contributed by atoms with van der Waals surface area (Å²) in [6.07, 6.45) is 0.689. The molecule has 5 atom stereocenters. The molecule has 36 heavy (non-hydrogen) atoms. The van der Waals surface area contributed by atoms with Gasteiger partial charge in [-0.1, -0.05) is 25.1 Å². The third-order valence-electron chi connectivity index (χ3n) is 8.26. The van der Waals surface area contributed by atoms with Crippen LogP contribution in [0.15, 0.2) is 42.5 Å². The Morgan fingerprint density at radius 1 is 1.11 bits per heavy atom. The number of nitrogens with one attached hydrogen (secondary N) is 1. The summed E-state index contributed by atoms with van der Waals surface area (Å²) in [5.74, 6) is 0.891. The van der Waals surface area contributed by atoms with Crippen LogP contribution in [0, 0.1) is 17.3 Å². The van der Waals surface area contributed by atoms with Crippen molar-refractivity contribution in [1.82, 2.24) is 5.48 Å². The molecule has 0 spiro atoms. The average molecular weight is 506 g/mol. The highest BCUT2D eigenvalue weighted by atomic mass is 19.4. The van der Waals surface area contributed by atoms with E-state index in [1.807, 2.05) is 6.07 Å². The van der Waals surface area contributed by atoms with E-state index in [2.05, 4.69) is 23.2 Å². The van der Waals surface area contributed by atoms with Gasteiger partial charge in [-0.2, -0.15) is 0 Å². The van der Waals surface area contributed by atoms with Crippen LogP contribution >= 0.6 is 0 Å². The number of aliphatic hydroxyl groups is 1. The predicted octanol–water partition coefficient (Wildman–Crippen LogP) is 5.65. The number of fused-ring (bicyclic) bond motifs is 5. The molecule has 0 aromatic heterocycles. The lowest BCUT2D eigenvalue weighted by Gasteiger charge is -2.49. The summed E-state index contributed by atoms with van der Waals surface area (Å²) in [7, 11) is 1.52. The number of benzene rings is 2. The Morgan fingerprint density at radius 2 is 1.86 bits per heavy atom. The number of hydrogen-bond donors (Lipinski definition) is 3. The van der Waals surface area contributed by atoms with Gasteiger partial charge in [0.1, 0.15) is 5.75 Å². The Labute approximate surface area is 207 Å². The van der Waals surface area contributed by atoms with Crippen LogP contribution in [0.25, 0.3) is 5.70 Å². The van der Waals surface area contributed by atoms with Gasteiger partial charge in [0, 0.05) is 5.56 Å². The number of phenolic OH excluding ortho intramolecular Hbond substituents is 1. The van der Waals surface area contributed by atoms with Crippen LogP contribution in [-0.2, 0) is 11.4 Å². The number of allylic oxidation sites excluding steroid dienone is 1. The molecule has 2 aromatic carbocycles. The van der Waals surface area contributed by atoms with E-state index in [1.165, 1.54) is 31.4 Å². The van der Waals surface area contributed by atoms with Crippen LogP contribution in [0.5, 0.6) is 17.2 Å². The summed E-state index contributed by atoms with van der Waals surface area (Å²) < 4.78 is 46.5. The first-order valence-corrected chi connectivity index (χ1v) is 12.1. The molecule has 2 fully saturated rings. The molecular formula is C27H30F3NO5. The number of rotatable bonds is 6. The zero-order valence-electron chi connectivity index (χ0n) is 20.1. The molecule has 9 heteroatoms. The van der Waals surface area contributed by atoms with Crippen LogP contribution in [0.2, 0.25) is 0 Å². The van der Waals surface area contributed by atoms with E-state index >= 15 is 0 Å². The van der Waals surface area contributed by atoms with Crippen molar-refractivity contribution in [2.75, 3.05) is 7.11 Å². The first-order valence-electron chi connectivity index (χ1n) is 12.1. The standard InChI is InChI=1S/C27H30F3NO5/c1-26-10-9-17-18-13-24(34-2)23(32)12-20(18)22(11-19(17)21(26)7-8-25(26)33)31-35-14-15-3-5-16(6-4-15)36-27(28,29)30/h3-6,11-13,17,19,21,25,31-33H,7-10,14H2,1-2H3/t17-,19-,21+,25-,26+/m1/s1. The summed E-state index contributed by atoms with van der Waals surface area (Å²) in [6, 6.07) is 9.06. The molecule has 6 nitrogen and oxygen atoms in total. The number of phenols is 1. The highest BCUT2D eigenvalue weighted by molar-refractivity contribution is 5.72. The topological polar surface area (TPSA) is 80.2 Å². The normalized spacial score (nSPS) is 29.0. The van der Waals surface area contributed by atoms with Crippen molar-refractivity contribution >= 4 is 5.70 Å². The molecule has 0 radical (unpaired) electrons. The van der Waals surface area contributed by atoms with E-state index in [0.29, 0.717) is 22.9 Å². The zero-order valence-corrected chi connectivity index (χ0v) is 20.1. The maximum Gasteiger partial charge on any atom is 0.573 e. The second-order valence-electron chi connectivity index (χ2n) is 10.2. The van der Waals surface area contributed by atoms with E-state index in [1.54, 1.807) is 6.07 Å². The Hall–Kier alpha value is -2.91. The molecule has 2 saturated carbocycles. The lowest BCUT2D eigenvalue weighted by molar-refractivity contribution is -0.274. The number of aliphatic hydroxyl groups excluding tert-OH is 1. The van der Waals surface area contributed by atoms with Gasteiger partial charge in [-0.25, -0.2) is 0 Å². The fourth-order valence-corrected chi connectivity index (χ4v) is 6.41. The molecule has 0 aliphatic heterocycles. The highest BCUT2D eigenvalue weighted by Gasteiger charge is 2.54. The van der Waals surface area contributed by atoms with Crippen LogP contribution in [0.3, 0.4) is 0 Å². The minimum absolute atomic E-state index is 0.0274. The average Bonchev–Trinajstić information content (AvgIpc) is 3.13. The fourth-order valence-electron chi connectivity index (χ4n) is 6.41. The molecule has 3 N–H and O–H groups in total. The molecule has 0 saturated heterocycles. The number of alkyl halides is 3. The molecule has 2 aromatic rings. The minimum atomic E-state index is -4.74. The van der Waals surface area contributed by atoms with Gasteiger partial charge in [-0.3, -0.25) is 10.3 Å². The van der Waals surface area contributed by atoms with Crippen LogP contribution in [0.4, 0.5) is 13.2 Å². The lowest BCUT2D eigenvalue weighted by atomic mass is 9.56. The molecule has 0 bridgehead atoms. The molecule has 0 amide bonds. The summed E-state index contributed by atoms with van der Waals surface area (Å²) in [4.78, 5) is 5.75. The van der Waals surface area contributed by atoms with Crippen molar-refractivity contribution < 1.29 is 37.7 Å². The largest absolute Gasteiger partial charge is 0.573 e. The number of aromatic hydroxyl groups is 1. The lowest BCUT2D eigenvalue weighted by Crippen LogP contribution is -2.43.